The van der Waals surface area contributed by atoms with Gasteiger partial charge < -0.3 is 4.42 Å². The molecule has 1 aliphatic heterocycles. The van der Waals surface area contributed by atoms with Gasteiger partial charge in [-0.1, -0.05) is 41.9 Å². The fourth-order valence-corrected chi connectivity index (χ4v) is 2.88. The molecule has 0 radical (unpaired) electrons. The minimum atomic E-state index is -0.473. The van der Waals surface area contributed by atoms with Gasteiger partial charge in [0.2, 0.25) is 0 Å². The molecule has 2 amide bonds. The van der Waals surface area contributed by atoms with Crippen LogP contribution in [-0.2, 0) is 9.59 Å². The van der Waals surface area contributed by atoms with Crippen molar-refractivity contribution in [2.75, 3.05) is 5.01 Å². The third-order valence-electron chi connectivity index (χ3n) is 3.93. The molecule has 1 aromatic heterocycles. The number of hydrazine groups is 1. The molecule has 128 valence electrons. The van der Waals surface area contributed by atoms with Crippen molar-refractivity contribution in [1.29, 1.82) is 0 Å². The molecule has 0 spiro atoms. The second kappa shape index (κ2) is 6.54. The summed E-state index contributed by atoms with van der Waals surface area (Å²) in [5.41, 5.74) is 3.97. The van der Waals surface area contributed by atoms with E-state index in [1.54, 1.807) is 48.5 Å². The van der Waals surface area contributed by atoms with Crippen LogP contribution >= 0.6 is 11.6 Å². The van der Waals surface area contributed by atoms with Crippen LogP contribution in [0.2, 0.25) is 5.02 Å². The van der Waals surface area contributed by atoms with Crippen LogP contribution in [0.3, 0.4) is 0 Å². The van der Waals surface area contributed by atoms with Crippen LogP contribution in [0.25, 0.3) is 17.4 Å². The predicted molar refractivity (Wildman–Crippen MR) is 99.2 cm³/mol. The second-order valence-electron chi connectivity index (χ2n) is 5.69. The van der Waals surface area contributed by atoms with Crippen molar-refractivity contribution in [1.82, 2.24) is 5.43 Å². The van der Waals surface area contributed by atoms with Crippen molar-refractivity contribution in [3.63, 3.8) is 0 Å². The number of anilines is 1. The predicted octanol–water partition coefficient (Wildman–Crippen LogP) is 4.06. The van der Waals surface area contributed by atoms with Crippen molar-refractivity contribution < 1.29 is 14.0 Å². The van der Waals surface area contributed by atoms with Crippen LogP contribution in [0, 0.1) is 0 Å². The first-order valence-corrected chi connectivity index (χ1v) is 8.27. The number of carbonyl (C=O) groups excluding carboxylic acids is 2. The number of nitrogens with zero attached hydrogens (tertiary/aromatic N) is 1. The van der Waals surface area contributed by atoms with Crippen molar-refractivity contribution >= 4 is 35.2 Å². The van der Waals surface area contributed by atoms with Crippen molar-refractivity contribution in [3.05, 3.63) is 83.1 Å². The van der Waals surface area contributed by atoms with Gasteiger partial charge in [0, 0.05) is 10.6 Å². The number of nitrogens with one attached hydrogen (secondary N) is 1. The van der Waals surface area contributed by atoms with E-state index in [1.165, 1.54) is 11.1 Å². The summed E-state index contributed by atoms with van der Waals surface area (Å²) in [7, 11) is 0. The summed E-state index contributed by atoms with van der Waals surface area (Å²) < 4.78 is 5.74. The molecule has 6 heteroatoms. The van der Waals surface area contributed by atoms with Gasteiger partial charge in [0.05, 0.1) is 5.69 Å². The highest BCUT2D eigenvalue weighted by Crippen LogP contribution is 2.27. The number of hydrogen-bond donors (Lipinski definition) is 1. The van der Waals surface area contributed by atoms with Crippen molar-refractivity contribution in [2.24, 2.45) is 0 Å². The summed E-state index contributed by atoms with van der Waals surface area (Å²) >= 11 is 5.99. The molecular formula is C20H13ClN2O3. The molecule has 2 aromatic carbocycles. The lowest BCUT2D eigenvalue weighted by atomic mass is 10.2. The Morgan fingerprint density at radius 1 is 0.962 bits per heavy atom. The van der Waals surface area contributed by atoms with Crippen molar-refractivity contribution in [3.8, 4) is 11.3 Å². The molecule has 4 rings (SSSR count). The van der Waals surface area contributed by atoms with E-state index in [9.17, 15) is 9.59 Å². The lowest BCUT2D eigenvalue weighted by molar-refractivity contribution is -0.117. The average molecular weight is 365 g/mol. The molecule has 1 fully saturated rings. The quantitative estimate of drug-likeness (QED) is 0.563. The highest BCUT2D eigenvalue weighted by atomic mass is 35.5. The highest BCUT2D eigenvalue weighted by Gasteiger charge is 2.34. The molecule has 1 saturated heterocycles. The highest BCUT2D eigenvalue weighted by molar-refractivity contribution is 6.31. The van der Waals surface area contributed by atoms with E-state index < -0.39 is 11.8 Å². The summed E-state index contributed by atoms with van der Waals surface area (Å²) in [5, 5.41) is 1.82. The fourth-order valence-electron chi connectivity index (χ4n) is 2.69. The SMILES string of the molecule is O=C1NN(c2ccccc2)C(=O)/C1=C/c1ccc(-c2cccc(Cl)c2)o1. The van der Waals surface area contributed by atoms with Gasteiger partial charge in [-0.15, -0.1) is 0 Å². The summed E-state index contributed by atoms with van der Waals surface area (Å²) in [6.07, 6.45) is 1.44. The normalized spacial score (nSPS) is 15.6. The third-order valence-corrected chi connectivity index (χ3v) is 4.16. The lowest BCUT2D eigenvalue weighted by Crippen LogP contribution is -2.35. The molecule has 0 saturated carbocycles. The Bertz CT molecular complexity index is 1020. The van der Waals surface area contributed by atoms with Crippen LogP contribution in [0.4, 0.5) is 5.69 Å². The first-order valence-electron chi connectivity index (χ1n) is 7.90. The van der Waals surface area contributed by atoms with Gasteiger partial charge in [-0.05, 0) is 42.5 Å². The zero-order valence-electron chi connectivity index (χ0n) is 13.5. The van der Waals surface area contributed by atoms with Gasteiger partial charge in [-0.2, -0.15) is 0 Å². The van der Waals surface area contributed by atoms with Crippen LogP contribution < -0.4 is 10.4 Å². The molecule has 3 aromatic rings. The van der Waals surface area contributed by atoms with E-state index in [0.29, 0.717) is 22.2 Å². The maximum Gasteiger partial charge on any atom is 0.282 e. The Morgan fingerprint density at radius 3 is 2.54 bits per heavy atom. The number of para-hydroxylation sites is 1. The van der Waals surface area contributed by atoms with E-state index in [0.717, 1.165) is 5.56 Å². The first kappa shape index (κ1) is 16.2. The smallest absolute Gasteiger partial charge is 0.282 e. The number of rotatable bonds is 3. The number of hydrogen-bond acceptors (Lipinski definition) is 3. The Morgan fingerprint density at radius 2 is 1.77 bits per heavy atom. The monoisotopic (exact) mass is 364 g/mol. The minimum Gasteiger partial charge on any atom is -0.457 e. The fraction of sp³-hybridized carbons (Fsp3) is 0. The van der Waals surface area contributed by atoms with Gasteiger partial charge >= 0.3 is 0 Å². The van der Waals surface area contributed by atoms with Crippen LogP contribution in [0.15, 0.2) is 76.7 Å². The number of furan rings is 1. The summed E-state index contributed by atoms with van der Waals surface area (Å²) in [4.78, 5) is 24.8. The summed E-state index contributed by atoms with van der Waals surface area (Å²) in [6.45, 7) is 0. The molecule has 1 N–H and O–H groups in total. The third kappa shape index (κ3) is 3.00. The Balaban J connectivity index is 1.63. The lowest BCUT2D eigenvalue weighted by Gasteiger charge is -2.13. The molecule has 2 heterocycles. The van der Waals surface area contributed by atoms with Gasteiger partial charge in [-0.25, -0.2) is 5.01 Å². The van der Waals surface area contributed by atoms with E-state index in [4.69, 9.17) is 16.0 Å². The van der Waals surface area contributed by atoms with E-state index in [2.05, 4.69) is 5.43 Å². The number of benzene rings is 2. The molecule has 1 aliphatic rings. The van der Waals surface area contributed by atoms with Crippen LogP contribution in [0.1, 0.15) is 5.76 Å². The summed E-state index contributed by atoms with van der Waals surface area (Å²) in [6, 6.07) is 19.6. The maximum atomic E-state index is 12.6. The molecule has 0 atom stereocenters. The van der Waals surface area contributed by atoms with Crippen molar-refractivity contribution in [2.45, 2.75) is 0 Å². The standard InChI is InChI=1S/C20H13ClN2O3/c21-14-6-4-5-13(11-14)18-10-9-16(26-18)12-17-19(24)22-23(20(17)25)15-7-2-1-3-8-15/h1-12H,(H,22,24)/b17-12+. The van der Waals surface area contributed by atoms with Crippen LogP contribution in [0.5, 0.6) is 0 Å². The van der Waals surface area contributed by atoms with Gasteiger partial charge in [-0.3, -0.25) is 15.0 Å². The van der Waals surface area contributed by atoms with E-state index >= 15 is 0 Å². The zero-order valence-corrected chi connectivity index (χ0v) is 14.2. The molecular weight excluding hydrogens is 352 g/mol. The first-order chi connectivity index (χ1) is 12.6. The average Bonchev–Trinajstić information content (AvgIpc) is 3.23. The van der Waals surface area contributed by atoms with E-state index in [1.807, 2.05) is 18.2 Å². The molecule has 0 bridgehead atoms. The molecule has 26 heavy (non-hydrogen) atoms. The van der Waals surface area contributed by atoms with Gasteiger partial charge in [0.25, 0.3) is 11.8 Å². The topological polar surface area (TPSA) is 62.6 Å². The molecule has 5 nitrogen and oxygen atoms in total. The van der Waals surface area contributed by atoms with E-state index in [-0.39, 0.29) is 5.57 Å². The van der Waals surface area contributed by atoms with Gasteiger partial charge in [0.15, 0.2) is 0 Å². The second-order valence-corrected chi connectivity index (χ2v) is 6.12. The minimum absolute atomic E-state index is 0.0147. The summed E-state index contributed by atoms with van der Waals surface area (Å²) in [5.74, 6) is 0.111. The van der Waals surface area contributed by atoms with Gasteiger partial charge in [0.1, 0.15) is 17.1 Å². The number of amides is 2. The molecule has 0 unspecified atom stereocenters. The Hall–Kier alpha value is -3.31. The molecule has 0 aliphatic carbocycles. The Labute approximate surface area is 154 Å². The Kier molecular flexibility index (Phi) is 4.07. The number of halogens is 1. The number of carbonyl (C=O) groups is 2. The largest absolute Gasteiger partial charge is 0.457 e. The zero-order chi connectivity index (χ0) is 18.1. The maximum absolute atomic E-state index is 12.6. The van der Waals surface area contributed by atoms with Crippen LogP contribution in [-0.4, -0.2) is 11.8 Å².